The molecule has 0 radical (unpaired) electrons. The molecule has 0 aromatic heterocycles. The SMILES string of the molecule is O=C1Nc2cc(N(CCO)C3CC3)ccc2C1O. The molecule has 1 amide bonds. The number of hydrogen-bond acceptors (Lipinski definition) is 4. The van der Waals surface area contributed by atoms with E-state index in [1.165, 1.54) is 0 Å². The van der Waals surface area contributed by atoms with Gasteiger partial charge < -0.3 is 20.4 Å². The number of nitrogens with one attached hydrogen (secondary N) is 1. The highest BCUT2D eigenvalue weighted by atomic mass is 16.3. The summed E-state index contributed by atoms with van der Waals surface area (Å²) in [5, 5.41) is 21.4. The fourth-order valence-electron chi connectivity index (χ4n) is 2.43. The van der Waals surface area contributed by atoms with Crippen molar-refractivity contribution in [2.75, 3.05) is 23.4 Å². The molecule has 1 aromatic carbocycles. The average Bonchev–Trinajstić information content (AvgIpc) is 3.15. The molecule has 18 heavy (non-hydrogen) atoms. The smallest absolute Gasteiger partial charge is 0.257 e. The summed E-state index contributed by atoms with van der Waals surface area (Å²) in [5.41, 5.74) is 2.29. The Hall–Kier alpha value is -1.59. The highest BCUT2D eigenvalue weighted by Gasteiger charge is 2.32. The fraction of sp³-hybridized carbons (Fsp3) is 0.462. The van der Waals surface area contributed by atoms with Crippen molar-refractivity contribution >= 4 is 17.3 Å². The molecule has 1 atom stereocenters. The van der Waals surface area contributed by atoms with Crippen LogP contribution in [0.4, 0.5) is 11.4 Å². The van der Waals surface area contributed by atoms with E-state index in [-0.39, 0.29) is 12.5 Å². The van der Waals surface area contributed by atoms with Crippen LogP contribution in [-0.2, 0) is 4.79 Å². The van der Waals surface area contributed by atoms with Crippen LogP contribution in [0.5, 0.6) is 0 Å². The normalized spacial score (nSPS) is 21.7. The van der Waals surface area contributed by atoms with E-state index in [2.05, 4.69) is 10.2 Å². The van der Waals surface area contributed by atoms with Crippen LogP contribution >= 0.6 is 0 Å². The second-order valence-corrected chi connectivity index (χ2v) is 4.81. The van der Waals surface area contributed by atoms with Crippen LogP contribution in [0.15, 0.2) is 18.2 Å². The van der Waals surface area contributed by atoms with E-state index in [1.807, 2.05) is 12.1 Å². The first-order chi connectivity index (χ1) is 8.70. The summed E-state index contributed by atoms with van der Waals surface area (Å²) in [5.74, 6) is -0.373. The monoisotopic (exact) mass is 248 g/mol. The predicted octanol–water partition coefficient (Wildman–Crippen LogP) is 0.633. The third-order valence-corrected chi connectivity index (χ3v) is 3.50. The predicted molar refractivity (Wildman–Crippen MR) is 67.5 cm³/mol. The van der Waals surface area contributed by atoms with Crippen molar-refractivity contribution in [3.8, 4) is 0 Å². The van der Waals surface area contributed by atoms with Gasteiger partial charge in [-0.15, -0.1) is 0 Å². The highest BCUT2D eigenvalue weighted by Crippen LogP contribution is 2.37. The Morgan fingerprint density at radius 1 is 1.39 bits per heavy atom. The Bertz CT molecular complexity index is 485. The third kappa shape index (κ3) is 1.85. The zero-order valence-electron chi connectivity index (χ0n) is 9.97. The van der Waals surface area contributed by atoms with Crippen LogP contribution < -0.4 is 10.2 Å². The molecule has 1 heterocycles. The average molecular weight is 248 g/mol. The Kier molecular flexibility index (Phi) is 2.72. The van der Waals surface area contributed by atoms with Gasteiger partial charge in [0, 0.05) is 29.5 Å². The summed E-state index contributed by atoms with van der Waals surface area (Å²) >= 11 is 0. The molecule has 3 N–H and O–H groups in total. The standard InChI is InChI=1S/C13H16N2O3/c16-6-5-15(8-1-2-8)9-3-4-10-11(7-9)14-13(18)12(10)17/h3-4,7-8,12,16-17H,1-2,5-6H2,(H,14,18). The van der Waals surface area contributed by atoms with Crippen LogP contribution in [0.3, 0.4) is 0 Å². The van der Waals surface area contributed by atoms with E-state index < -0.39 is 6.10 Å². The topological polar surface area (TPSA) is 72.8 Å². The van der Waals surface area contributed by atoms with E-state index in [4.69, 9.17) is 5.11 Å². The minimum absolute atomic E-state index is 0.114. The van der Waals surface area contributed by atoms with Gasteiger partial charge in [0.25, 0.3) is 5.91 Å². The molecular weight excluding hydrogens is 232 g/mol. The van der Waals surface area contributed by atoms with Crippen molar-refractivity contribution in [1.82, 2.24) is 0 Å². The second kappa shape index (κ2) is 4.26. The van der Waals surface area contributed by atoms with Gasteiger partial charge in [0.05, 0.1) is 6.61 Å². The number of hydrogen-bond donors (Lipinski definition) is 3. The molecule has 1 saturated carbocycles. The zero-order valence-corrected chi connectivity index (χ0v) is 9.97. The number of aliphatic hydroxyl groups is 2. The number of rotatable bonds is 4. The largest absolute Gasteiger partial charge is 0.395 e. The minimum atomic E-state index is -1.05. The van der Waals surface area contributed by atoms with Crippen LogP contribution in [-0.4, -0.2) is 35.3 Å². The molecule has 5 nitrogen and oxygen atoms in total. The maximum absolute atomic E-state index is 11.4. The number of amides is 1. The first kappa shape index (κ1) is 11.5. The summed E-state index contributed by atoms with van der Waals surface area (Å²) in [4.78, 5) is 13.5. The van der Waals surface area contributed by atoms with E-state index >= 15 is 0 Å². The molecule has 1 unspecified atom stereocenters. The fourth-order valence-corrected chi connectivity index (χ4v) is 2.43. The first-order valence-corrected chi connectivity index (χ1v) is 6.21. The van der Waals surface area contributed by atoms with Crippen molar-refractivity contribution < 1.29 is 15.0 Å². The van der Waals surface area contributed by atoms with E-state index in [9.17, 15) is 9.90 Å². The van der Waals surface area contributed by atoms with Crippen molar-refractivity contribution in [3.05, 3.63) is 23.8 Å². The number of carbonyl (C=O) groups excluding carboxylic acids is 1. The van der Waals surface area contributed by atoms with Crippen LogP contribution in [0, 0.1) is 0 Å². The molecule has 1 aromatic rings. The third-order valence-electron chi connectivity index (χ3n) is 3.50. The van der Waals surface area contributed by atoms with Gasteiger partial charge >= 0.3 is 0 Å². The maximum atomic E-state index is 11.4. The number of nitrogens with zero attached hydrogens (tertiary/aromatic N) is 1. The van der Waals surface area contributed by atoms with Crippen LogP contribution in [0.2, 0.25) is 0 Å². The molecule has 1 fully saturated rings. The van der Waals surface area contributed by atoms with E-state index in [0.717, 1.165) is 18.5 Å². The summed E-state index contributed by atoms with van der Waals surface area (Å²) in [6.45, 7) is 0.711. The number of benzene rings is 1. The van der Waals surface area contributed by atoms with Gasteiger partial charge in [0.15, 0.2) is 6.10 Å². The number of carbonyl (C=O) groups is 1. The molecular formula is C13H16N2O3. The molecule has 0 saturated heterocycles. The molecule has 0 spiro atoms. The molecule has 96 valence electrons. The van der Waals surface area contributed by atoms with Gasteiger partial charge in [-0.05, 0) is 25.0 Å². The maximum Gasteiger partial charge on any atom is 0.257 e. The summed E-state index contributed by atoms with van der Waals surface area (Å²) < 4.78 is 0. The minimum Gasteiger partial charge on any atom is -0.395 e. The Labute approximate surface area is 105 Å². The van der Waals surface area contributed by atoms with Gasteiger partial charge in [-0.1, -0.05) is 6.07 Å². The number of anilines is 2. The summed E-state index contributed by atoms with van der Waals surface area (Å²) in [6.07, 6.45) is 1.24. The van der Waals surface area contributed by atoms with Crippen molar-refractivity contribution in [3.63, 3.8) is 0 Å². The van der Waals surface area contributed by atoms with Gasteiger partial charge in [0.1, 0.15) is 0 Å². The van der Waals surface area contributed by atoms with Gasteiger partial charge in [-0.25, -0.2) is 0 Å². The lowest BCUT2D eigenvalue weighted by molar-refractivity contribution is -0.123. The molecule has 1 aliphatic carbocycles. The van der Waals surface area contributed by atoms with E-state index in [0.29, 0.717) is 23.8 Å². The lowest BCUT2D eigenvalue weighted by Crippen LogP contribution is -2.28. The Morgan fingerprint density at radius 3 is 2.83 bits per heavy atom. The first-order valence-electron chi connectivity index (χ1n) is 6.21. The Morgan fingerprint density at radius 2 is 2.17 bits per heavy atom. The lowest BCUT2D eigenvalue weighted by Gasteiger charge is -2.24. The highest BCUT2D eigenvalue weighted by molar-refractivity contribution is 6.02. The van der Waals surface area contributed by atoms with Crippen molar-refractivity contribution in [2.24, 2.45) is 0 Å². The van der Waals surface area contributed by atoms with Gasteiger partial charge in [-0.3, -0.25) is 4.79 Å². The molecule has 0 bridgehead atoms. The molecule has 2 aliphatic rings. The number of aliphatic hydroxyl groups excluding tert-OH is 2. The van der Waals surface area contributed by atoms with Crippen molar-refractivity contribution in [2.45, 2.75) is 25.0 Å². The van der Waals surface area contributed by atoms with Gasteiger partial charge in [0.2, 0.25) is 0 Å². The lowest BCUT2D eigenvalue weighted by atomic mass is 10.1. The van der Waals surface area contributed by atoms with Crippen molar-refractivity contribution in [1.29, 1.82) is 0 Å². The van der Waals surface area contributed by atoms with E-state index in [1.54, 1.807) is 6.07 Å². The Balaban J connectivity index is 1.90. The molecule has 5 heteroatoms. The zero-order chi connectivity index (χ0) is 12.7. The summed E-state index contributed by atoms with van der Waals surface area (Å²) in [7, 11) is 0. The second-order valence-electron chi connectivity index (χ2n) is 4.81. The quantitative estimate of drug-likeness (QED) is 0.731. The van der Waals surface area contributed by atoms with Gasteiger partial charge in [-0.2, -0.15) is 0 Å². The van der Waals surface area contributed by atoms with Crippen LogP contribution in [0.25, 0.3) is 0 Å². The molecule has 3 rings (SSSR count). The summed E-state index contributed by atoms with van der Waals surface area (Å²) in [6, 6.07) is 6.05. The van der Waals surface area contributed by atoms with Crippen LogP contribution in [0.1, 0.15) is 24.5 Å². The number of fused-ring (bicyclic) bond motifs is 1. The molecule has 1 aliphatic heterocycles.